The van der Waals surface area contributed by atoms with E-state index in [-0.39, 0.29) is 11.4 Å². The molecule has 59 nitrogen and oxygen atoms in total. The fourth-order valence-corrected chi connectivity index (χ4v) is 15.3. The molecule has 7 aromatic heterocycles. The van der Waals surface area contributed by atoms with E-state index in [0.29, 0.717) is 30.9 Å². The topological polar surface area (TPSA) is 912 Å². The van der Waals surface area contributed by atoms with E-state index < -0.39 is 301 Å². The summed E-state index contributed by atoms with van der Waals surface area (Å²) in [6, 6.07) is 2.26. The standard InChI is InChI=1S/2C13H16N2O6.2C12H13FN2O6.3C11H13N3O6/c2*1-4-13(20)10(18)9(7(3)16)21-11(13)15-6(2)5-8(17)14-12(15)19;2*1-3-12(20)8(17)7(5(2)16)21-10(12)15-4-6(13)9(18)14-11(15)19;1-3-11(19)7(16)6(5(2)15)20-8(11)14-4-12-9(17)13-10(14)18;2*1-3-11(19)8(17)7(5(2)15)20-9(11)14-10(18)13-6(16)4-12-14/h2*1,5,7,9-11,16,18,20H,2-3H3,(H,14,17,19);2*1,4-5,7-8,10,16-17,20H,2H3,(H,14,18,19);1,4-8,15-16,19H,2H3,(H,13,17,18);2*1,4-5,7-9,15,17,19H,2H3,(H,13,16,18)/t7-,9+,10-,11+,13?;7-,9-,10+,11-,13?;5-,7+,8-,10+,12?;5-,7-,8+,10-,12?;5-,6-,7+,8-,11?;5-,7+,8-,9+,11?;5-,7-,8+,9-,11?/m0101101/s1. The summed E-state index contributed by atoms with van der Waals surface area (Å²) in [6.45, 7) is 12.2. The van der Waals surface area contributed by atoms with Crippen molar-refractivity contribution in [3.63, 3.8) is 0 Å². The molecule has 780 valence electrons. The van der Waals surface area contributed by atoms with Gasteiger partial charge in [0.25, 0.3) is 33.4 Å². The highest BCUT2D eigenvalue weighted by Gasteiger charge is 2.64. The molecule has 0 aliphatic carbocycles. The van der Waals surface area contributed by atoms with Crippen molar-refractivity contribution in [1.82, 2.24) is 82.3 Å². The first-order valence-electron chi connectivity index (χ1n) is 41.5. The molecule has 0 aromatic carbocycles. The summed E-state index contributed by atoms with van der Waals surface area (Å²) in [7, 11) is 0. The number of halogens is 2. The van der Waals surface area contributed by atoms with Crippen LogP contribution < -0.4 is 78.9 Å². The van der Waals surface area contributed by atoms with E-state index in [1.54, 1.807) is 9.97 Å². The van der Waals surface area contributed by atoms with Crippen molar-refractivity contribution < 1.29 is 149 Å². The average molecular weight is 2040 g/mol. The number of hydrogen-bond acceptors (Lipinski definition) is 45. The molecule has 14 rings (SSSR count). The Balaban J connectivity index is 0.000000205. The number of terminal acetylenes is 7. The Morgan fingerprint density at radius 1 is 0.319 bits per heavy atom. The van der Waals surface area contributed by atoms with Gasteiger partial charge in [-0.05, 0) is 62.3 Å². The van der Waals surface area contributed by atoms with E-state index in [0.717, 1.165) is 44.6 Å². The van der Waals surface area contributed by atoms with Gasteiger partial charge in [0.05, 0.1) is 55.1 Å². The number of hydrogen-bond donors (Lipinski definition) is 28. The smallest absolute Gasteiger partial charge is 0.350 e. The quantitative estimate of drug-likeness (QED) is 0.0450. The highest BCUT2D eigenvalue weighted by atomic mass is 19.1. The van der Waals surface area contributed by atoms with Crippen LogP contribution >= 0.6 is 0 Å². The lowest BCUT2D eigenvalue weighted by Gasteiger charge is -2.27. The SMILES string of the molecule is C#CC1(O)[C@@H](O)[C@@H]([C@@H](C)O)O[C@H]1n1c(C)cc(=O)[nH]c1=O.C#CC1(O)[C@@H](O)[C@@H]([C@@H](C)O)O[C@H]1n1cc(F)c(=O)[nH]c1=O.C#CC1(O)[C@@H](O)[C@@H]([C@@H](C)O)O[C@H]1n1cnc(=O)[nH]c1=O.C#CC1(O)[C@@H](O)[C@@H]([C@@H](C)O)O[C@H]1n1ncc(=O)[nH]c1=O.C#CC1(O)[C@@H](O)[C@@H]([C@H](C)O)O[C@H]1n1c(C)cc(=O)[nH]c1=O.C#CC1(O)[C@@H](O)[C@@H]([C@H](C)O)O[C@H]1n1cc(F)c(=O)[nH]c1=O.C#CC1(O)[C@@H](O)[C@@H]([C@H](C)O)O[C@H]1n1ncc(=O)[nH]c1=O. The van der Waals surface area contributed by atoms with Crippen LogP contribution in [0.15, 0.2) is 110 Å². The monoisotopic (exact) mass is 2040 g/mol. The fourth-order valence-electron chi connectivity index (χ4n) is 15.3. The van der Waals surface area contributed by atoms with Crippen molar-refractivity contribution in [3.8, 4) is 86.4 Å². The number of rotatable bonds is 14. The maximum atomic E-state index is 13.3. The van der Waals surface area contributed by atoms with Crippen LogP contribution in [0.4, 0.5) is 8.78 Å². The second-order valence-electron chi connectivity index (χ2n) is 33.1. The molecular formula is C83H97F2N17O42. The Morgan fingerprint density at radius 3 is 0.764 bits per heavy atom. The molecule has 14 heterocycles. The van der Waals surface area contributed by atoms with Crippen molar-refractivity contribution in [2.75, 3.05) is 0 Å². The number of H-pyrrole nitrogens is 7. The van der Waals surface area contributed by atoms with Crippen LogP contribution in [0.2, 0.25) is 0 Å². The van der Waals surface area contributed by atoms with E-state index in [1.165, 1.54) is 62.3 Å². The minimum atomic E-state index is -2.38. The Labute approximate surface area is 800 Å². The van der Waals surface area contributed by atoms with E-state index in [2.05, 4.69) is 15.2 Å². The molecule has 28 N–H and O–H groups in total. The maximum absolute atomic E-state index is 13.3. The Hall–Kier alpha value is -13.8. The predicted molar refractivity (Wildman–Crippen MR) is 470 cm³/mol. The van der Waals surface area contributed by atoms with Crippen molar-refractivity contribution in [2.45, 2.75) is 273 Å². The molecule has 0 radical (unpaired) electrons. The largest absolute Gasteiger partial charge is 0.391 e. The summed E-state index contributed by atoms with van der Waals surface area (Å²) in [5, 5.41) is 216. The number of aliphatic hydroxyl groups is 21. The zero-order valence-corrected chi connectivity index (χ0v) is 75.9. The highest BCUT2D eigenvalue weighted by Crippen LogP contribution is 2.45. The molecule has 0 bridgehead atoms. The second-order valence-corrected chi connectivity index (χ2v) is 33.1. The molecular weight excluding hydrogens is 1940 g/mol. The second kappa shape index (κ2) is 44.6. The van der Waals surface area contributed by atoms with Gasteiger partial charge in [-0.1, -0.05) is 41.4 Å². The lowest BCUT2D eigenvalue weighted by atomic mass is 9.93. The van der Waals surface area contributed by atoms with Crippen LogP contribution in [0.25, 0.3) is 0 Å². The first kappa shape index (κ1) is 115. The molecule has 0 spiro atoms. The van der Waals surface area contributed by atoms with E-state index >= 15 is 0 Å². The molecule has 35 atom stereocenters. The number of aliphatic hydroxyl groups excluding tert-OH is 14. The van der Waals surface area contributed by atoms with Gasteiger partial charge < -0.3 is 140 Å². The number of nitrogens with zero attached hydrogens (tertiary/aromatic N) is 10. The van der Waals surface area contributed by atoms with Gasteiger partial charge in [0.2, 0.25) is 22.8 Å². The van der Waals surface area contributed by atoms with Gasteiger partial charge in [0, 0.05) is 23.5 Å². The number of aryl methyl sites for hydroxylation is 2. The van der Waals surface area contributed by atoms with Gasteiger partial charge in [-0.15, -0.1) is 45.0 Å². The molecule has 7 unspecified atom stereocenters. The molecule has 7 aromatic rings. The molecule has 144 heavy (non-hydrogen) atoms. The molecule has 0 amide bonds. The van der Waals surface area contributed by atoms with Gasteiger partial charge in [-0.25, -0.2) is 38.4 Å². The summed E-state index contributed by atoms with van der Waals surface area (Å²) < 4.78 is 68.3. The van der Waals surface area contributed by atoms with E-state index in [1.807, 2.05) is 66.4 Å². The van der Waals surface area contributed by atoms with Crippen LogP contribution in [0, 0.1) is 112 Å². The highest BCUT2D eigenvalue weighted by molar-refractivity contribution is 5.27. The van der Waals surface area contributed by atoms with Crippen molar-refractivity contribution in [2.24, 2.45) is 0 Å². The summed E-state index contributed by atoms with van der Waals surface area (Å²) in [5.41, 5.74) is -28.3. The molecule has 7 aliphatic heterocycles. The molecule has 7 aliphatic rings. The zero-order chi connectivity index (χ0) is 109. The fraction of sp³-hybridized carbons (Fsp3) is 0.530. The van der Waals surface area contributed by atoms with Crippen LogP contribution in [0.3, 0.4) is 0 Å². The molecule has 7 fully saturated rings. The molecule has 0 saturated carbocycles. The first-order valence-corrected chi connectivity index (χ1v) is 41.5. The third-order valence-electron chi connectivity index (χ3n) is 23.0. The van der Waals surface area contributed by atoms with Crippen molar-refractivity contribution in [1.29, 1.82) is 0 Å². The van der Waals surface area contributed by atoms with Crippen LogP contribution in [-0.2, 0) is 33.2 Å². The van der Waals surface area contributed by atoms with Gasteiger partial charge in [0.1, 0.15) is 104 Å². The average Bonchev–Trinajstić information content (AvgIpc) is 1.61. The van der Waals surface area contributed by atoms with Crippen LogP contribution in [0.1, 0.15) is 103 Å². The maximum Gasteiger partial charge on any atom is 0.350 e. The Bertz CT molecular complexity index is 6610. The number of ether oxygens (including phenoxy) is 7. The third-order valence-corrected chi connectivity index (χ3v) is 23.0. The lowest BCUT2D eigenvalue weighted by Crippen LogP contribution is -2.49. The first-order chi connectivity index (χ1) is 66.8. The van der Waals surface area contributed by atoms with E-state index in [4.69, 9.17) is 78.1 Å². The lowest BCUT2D eigenvalue weighted by molar-refractivity contribution is -0.0947. The van der Waals surface area contributed by atoms with Gasteiger partial charge in [-0.2, -0.15) is 33.3 Å². The minimum absolute atomic E-state index is 0.195. The van der Waals surface area contributed by atoms with Gasteiger partial charge >= 0.3 is 45.5 Å². The van der Waals surface area contributed by atoms with Crippen molar-refractivity contribution >= 4 is 0 Å². The Morgan fingerprint density at radius 2 is 0.535 bits per heavy atom. The molecule has 61 heteroatoms. The van der Waals surface area contributed by atoms with Crippen LogP contribution in [0.5, 0.6) is 0 Å². The number of aromatic amines is 7. The van der Waals surface area contributed by atoms with Gasteiger partial charge in [0.15, 0.2) is 71.6 Å². The summed E-state index contributed by atoms with van der Waals surface area (Å²) >= 11 is 0. The minimum Gasteiger partial charge on any atom is -0.391 e. The molecule has 7 saturated heterocycles. The summed E-state index contributed by atoms with van der Waals surface area (Å²) in [6.07, 6.45) is 1.01. The third kappa shape index (κ3) is 22.1. The van der Waals surface area contributed by atoms with E-state index in [9.17, 15) is 183 Å². The Kier molecular flexibility index (Phi) is 35.8. The number of nitrogens with one attached hydrogen (secondary N) is 7. The normalized spacial score (nSPS) is 34.0. The van der Waals surface area contributed by atoms with Gasteiger partial charge in [-0.3, -0.25) is 86.5 Å². The van der Waals surface area contributed by atoms with Crippen LogP contribution in [-0.4, -0.2) is 357 Å². The summed E-state index contributed by atoms with van der Waals surface area (Å²) in [4.78, 5) is 176. The summed E-state index contributed by atoms with van der Waals surface area (Å²) in [5.74, 6) is 11.0. The number of aromatic nitrogens is 17. The predicted octanol–water partition coefficient (Wildman–Crippen LogP) is -18.1. The van der Waals surface area contributed by atoms with Crippen molar-refractivity contribution in [3.05, 3.63) is 212 Å². The zero-order valence-electron chi connectivity index (χ0n) is 75.9.